The third-order valence-electron chi connectivity index (χ3n) is 3.95. The smallest absolute Gasteiger partial charge is 0.350 e. The highest BCUT2D eigenvalue weighted by molar-refractivity contribution is 5.91. The standard InChI is InChI=1S/C15H16F3N5O/c1-9-4-20-11(6-19-9)14(24)21-5-10-2-3-13-22-12(15(16,17)18)8-23(13)7-10/h4,6,8,10H,2-3,5,7H2,1H3,(H,21,24). The van der Waals surface area contributed by atoms with Crippen LogP contribution in [-0.4, -0.2) is 32.0 Å². The summed E-state index contributed by atoms with van der Waals surface area (Å²) in [7, 11) is 0. The SMILES string of the molecule is Cc1cnc(C(=O)NCC2CCc3nc(C(F)(F)F)cn3C2)cn1. The molecule has 9 heteroatoms. The Labute approximate surface area is 136 Å². The molecule has 3 rings (SSSR count). The van der Waals surface area contributed by atoms with Crippen LogP contribution in [0.1, 0.15) is 34.1 Å². The lowest BCUT2D eigenvalue weighted by Crippen LogP contribution is -2.34. The highest BCUT2D eigenvalue weighted by atomic mass is 19.4. The van der Waals surface area contributed by atoms with Crippen LogP contribution in [0.5, 0.6) is 0 Å². The van der Waals surface area contributed by atoms with Crippen LogP contribution in [0.15, 0.2) is 18.6 Å². The molecule has 1 unspecified atom stereocenters. The van der Waals surface area contributed by atoms with Crippen LogP contribution < -0.4 is 5.32 Å². The minimum atomic E-state index is -4.43. The molecular weight excluding hydrogens is 323 g/mol. The maximum absolute atomic E-state index is 12.7. The van der Waals surface area contributed by atoms with E-state index in [0.717, 1.165) is 6.20 Å². The molecule has 2 aromatic rings. The molecule has 1 N–H and O–H groups in total. The van der Waals surface area contributed by atoms with Gasteiger partial charge in [0.15, 0.2) is 5.69 Å². The van der Waals surface area contributed by atoms with E-state index in [0.29, 0.717) is 37.4 Å². The van der Waals surface area contributed by atoms with Gasteiger partial charge >= 0.3 is 6.18 Å². The number of carbonyl (C=O) groups is 1. The van der Waals surface area contributed by atoms with Crippen LogP contribution >= 0.6 is 0 Å². The van der Waals surface area contributed by atoms with Crippen molar-refractivity contribution in [3.63, 3.8) is 0 Å². The van der Waals surface area contributed by atoms with E-state index in [4.69, 9.17) is 0 Å². The summed E-state index contributed by atoms with van der Waals surface area (Å²) < 4.78 is 39.6. The van der Waals surface area contributed by atoms with Crippen molar-refractivity contribution < 1.29 is 18.0 Å². The van der Waals surface area contributed by atoms with Gasteiger partial charge in [0.2, 0.25) is 0 Å². The van der Waals surface area contributed by atoms with E-state index in [2.05, 4.69) is 20.3 Å². The molecule has 1 aliphatic rings. The molecule has 24 heavy (non-hydrogen) atoms. The van der Waals surface area contributed by atoms with Crippen molar-refractivity contribution in [2.75, 3.05) is 6.54 Å². The molecule has 0 aromatic carbocycles. The number of fused-ring (bicyclic) bond motifs is 1. The lowest BCUT2D eigenvalue weighted by molar-refractivity contribution is -0.141. The van der Waals surface area contributed by atoms with Gasteiger partial charge in [0.25, 0.3) is 5.91 Å². The summed E-state index contributed by atoms with van der Waals surface area (Å²) in [6, 6.07) is 0. The van der Waals surface area contributed by atoms with E-state index in [1.165, 1.54) is 17.0 Å². The predicted molar refractivity (Wildman–Crippen MR) is 78.1 cm³/mol. The van der Waals surface area contributed by atoms with E-state index < -0.39 is 11.9 Å². The largest absolute Gasteiger partial charge is 0.434 e. The molecular formula is C15H16F3N5O. The monoisotopic (exact) mass is 339 g/mol. The number of alkyl halides is 3. The van der Waals surface area contributed by atoms with Crippen LogP contribution in [0.4, 0.5) is 13.2 Å². The molecule has 1 amide bonds. The molecule has 128 valence electrons. The number of hydrogen-bond acceptors (Lipinski definition) is 4. The fourth-order valence-electron chi connectivity index (χ4n) is 2.66. The Hall–Kier alpha value is -2.45. The lowest BCUT2D eigenvalue weighted by Gasteiger charge is -2.23. The van der Waals surface area contributed by atoms with Gasteiger partial charge in [-0.25, -0.2) is 9.97 Å². The molecule has 0 fully saturated rings. The van der Waals surface area contributed by atoms with Crippen LogP contribution in [-0.2, 0) is 19.1 Å². The summed E-state index contributed by atoms with van der Waals surface area (Å²) in [5.41, 5.74) is 0.0724. The minimum absolute atomic E-state index is 0.0511. The van der Waals surface area contributed by atoms with Crippen LogP contribution in [0.25, 0.3) is 0 Å². The van der Waals surface area contributed by atoms with Crippen LogP contribution in [0.3, 0.4) is 0 Å². The highest BCUT2D eigenvalue weighted by Gasteiger charge is 2.35. The van der Waals surface area contributed by atoms with Crippen LogP contribution in [0, 0.1) is 12.8 Å². The zero-order valence-corrected chi connectivity index (χ0v) is 13.0. The maximum Gasteiger partial charge on any atom is 0.434 e. The molecule has 0 spiro atoms. The summed E-state index contributed by atoms with van der Waals surface area (Å²) in [6.45, 7) is 2.54. The average Bonchev–Trinajstić information content (AvgIpc) is 2.97. The van der Waals surface area contributed by atoms with Crippen molar-refractivity contribution >= 4 is 5.91 Å². The van der Waals surface area contributed by atoms with Gasteiger partial charge < -0.3 is 9.88 Å². The fourth-order valence-corrected chi connectivity index (χ4v) is 2.66. The van der Waals surface area contributed by atoms with Crippen LogP contribution in [0.2, 0.25) is 0 Å². The normalized spacial score (nSPS) is 17.4. The number of halogens is 3. The van der Waals surface area contributed by atoms with Crippen molar-refractivity contribution in [1.82, 2.24) is 24.8 Å². The van der Waals surface area contributed by atoms with E-state index in [1.54, 1.807) is 6.92 Å². The Morgan fingerprint density at radius 1 is 1.38 bits per heavy atom. The van der Waals surface area contributed by atoms with Gasteiger partial charge in [-0.2, -0.15) is 13.2 Å². The molecule has 0 bridgehead atoms. The Morgan fingerprint density at radius 2 is 2.17 bits per heavy atom. The average molecular weight is 339 g/mol. The van der Waals surface area contributed by atoms with Gasteiger partial charge in [0.1, 0.15) is 11.5 Å². The lowest BCUT2D eigenvalue weighted by atomic mass is 9.99. The number of carbonyl (C=O) groups excluding carboxylic acids is 1. The van der Waals surface area contributed by atoms with Gasteiger partial charge in [0, 0.05) is 31.9 Å². The number of rotatable bonds is 3. The Morgan fingerprint density at radius 3 is 2.83 bits per heavy atom. The molecule has 3 heterocycles. The molecule has 2 aromatic heterocycles. The number of aryl methyl sites for hydroxylation is 2. The number of amides is 1. The maximum atomic E-state index is 12.7. The van der Waals surface area contributed by atoms with Gasteiger partial charge in [-0.1, -0.05) is 0 Å². The number of imidazole rings is 1. The Balaban J connectivity index is 1.59. The first kappa shape index (κ1) is 16.4. The van der Waals surface area contributed by atoms with E-state index in [9.17, 15) is 18.0 Å². The van der Waals surface area contributed by atoms with E-state index >= 15 is 0 Å². The molecule has 0 saturated heterocycles. The quantitative estimate of drug-likeness (QED) is 0.928. The van der Waals surface area contributed by atoms with Gasteiger partial charge in [-0.05, 0) is 19.3 Å². The van der Waals surface area contributed by atoms with E-state index in [-0.39, 0.29) is 17.5 Å². The minimum Gasteiger partial charge on any atom is -0.350 e. The molecule has 0 saturated carbocycles. The van der Waals surface area contributed by atoms with Gasteiger partial charge in [0.05, 0.1) is 11.9 Å². The van der Waals surface area contributed by atoms with Crippen molar-refractivity contribution in [2.45, 2.75) is 32.5 Å². The van der Waals surface area contributed by atoms with E-state index in [1.807, 2.05) is 0 Å². The molecule has 0 radical (unpaired) electrons. The molecule has 1 atom stereocenters. The van der Waals surface area contributed by atoms with Gasteiger partial charge in [-0.3, -0.25) is 9.78 Å². The number of hydrogen-bond donors (Lipinski definition) is 1. The summed E-state index contributed by atoms with van der Waals surface area (Å²) in [4.78, 5) is 23.6. The van der Waals surface area contributed by atoms with Gasteiger partial charge in [-0.15, -0.1) is 0 Å². The third-order valence-corrected chi connectivity index (χ3v) is 3.95. The number of aromatic nitrogens is 4. The second-order valence-electron chi connectivity index (χ2n) is 5.85. The van der Waals surface area contributed by atoms with Crippen molar-refractivity contribution in [3.05, 3.63) is 41.5 Å². The fraction of sp³-hybridized carbons (Fsp3) is 0.467. The first-order valence-corrected chi connectivity index (χ1v) is 7.53. The highest BCUT2D eigenvalue weighted by Crippen LogP contribution is 2.30. The number of nitrogens with zero attached hydrogens (tertiary/aromatic N) is 4. The molecule has 6 nitrogen and oxygen atoms in total. The van der Waals surface area contributed by atoms with Crippen molar-refractivity contribution in [1.29, 1.82) is 0 Å². The summed E-state index contributed by atoms with van der Waals surface area (Å²) in [6.07, 6.45) is 0.642. The zero-order valence-electron chi connectivity index (χ0n) is 13.0. The molecule has 1 aliphatic heterocycles. The Bertz CT molecular complexity index is 739. The summed E-state index contributed by atoms with van der Waals surface area (Å²) >= 11 is 0. The topological polar surface area (TPSA) is 72.7 Å². The second kappa shape index (κ2) is 6.21. The first-order chi connectivity index (χ1) is 11.3. The third kappa shape index (κ3) is 3.55. The van der Waals surface area contributed by atoms with Crippen molar-refractivity contribution in [3.8, 4) is 0 Å². The first-order valence-electron chi connectivity index (χ1n) is 7.53. The second-order valence-corrected chi connectivity index (χ2v) is 5.85. The van der Waals surface area contributed by atoms with Crippen molar-refractivity contribution in [2.24, 2.45) is 5.92 Å². The summed E-state index contributed by atoms with van der Waals surface area (Å²) in [5.74, 6) is 0.152. The number of nitrogens with one attached hydrogen (secondary N) is 1. The Kier molecular flexibility index (Phi) is 4.25. The molecule has 0 aliphatic carbocycles. The zero-order chi connectivity index (χ0) is 17.3. The predicted octanol–water partition coefficient (Wildman–Crippen LogP) is 1.99. The summed E-state index contributed by atoms with van der Waals surface area (Å²) in [5, 5.41) is 2.76.